The average Bonchev–Trinajstić information content (AvgIpc) is 2.63. The molecule has 1 aliphatic rings. The van der Waals surface area contributed by atoms with Gasteiger partial charge in [-0.1, -0.05) is 25.4 Å². The predicted molar refractivity (Wildman–Crippen MR) is 95.7 cm³/mol. The summed E-state index contributed by atoms with van der Waals surface area (Å²) in [5, 5.41) is 1.60. The number of hydrogen-bond acceptors (Lipinski definition) is 6. The van der Waals surface area contributed by atoms with Crippen LogP contribution >= 0.6 is 11.6 Å². The van der Waals surface area contributed by atoms with Gasteiger partial charge in [-0.3, -0.25) is 9.59 Å². The van der Waals surface area contributed by atoms with Crippen molar-refractivity contribution >= 4 is 34.3 Å². The van der Waals surface area contributed by atoms with Gasteiger partial charge in [-0.15, -0.1) is 0 Å². The summed E-state index contributed by atoms with van der Waals surface area (Å²) >= 11 is 6.15. The second-order valence-electron chi connectivity index (χ2n) is 6.01. The zero-order valence-corrected chi connectivity index (χ0v) is 15.5. The Balaban J connectivity index is 2.31. The van der Waals surface area contributed by atoms with Gasteiger partial charge in [0.2, 0.25) is 5.75 Å². The largest absolute Gasteiger partial charge is 0.425 e. The monoisotopic (exact) mass is 378 g/mol. The number of benzene rings is 2. The molecule has 3 rings (SSSR count). The molecule has 0 aromatic heterocycles. The summed E-state index contributed by atoms with van der Waals surface area (Å²) in [5.74, 6) is 0.0473. The molecule has 0 saturated heterocycles. The van der Waals surface area contributed by atoms with Crippen LogP contribution in [0.25, 0.3) is 10.8 Å². The lowest BCUT2D eigenvalue weighted by Crippen LogP contribution is -2.23. The molecule has 0 bridgehead atoms. The predicted octanol–water partition coefficient (Wildman–Crippen LogP) is 4.38. The van der Waals surface area contributed by atoms with Gasteiger partial charge in [-0.2, -0.15) is 4.89 Å². The number of ether oxygens (including phenoxy) is 2. The van der Waals surface area contributed by atoms with Crippen LogP contribution in [0, 0.1) is 0 Å². The second-order valence-corrected chi connectivity index (χ2v) is 6.44. The van der Waals surface area contributed by atoms with E-state index in [9.17, 15) is 9.59 Å². The van der Waals surface area contributed by atoms with E-state index in [1.54, 1.807) is 32.0 Å². The first-order valence-electron chi connectivity index (χ1n) is 8.47. The van der Waals surface area contributed by atoms with Gasteiger partial charge in [0.15, 0.2) is 5.75 Å². The summed E-state index contributed by atoms with van der Waals surface area (Å²) in [6.45, 7) is 5.24. The summed E-state index contributed by atoms with van der Waals surface area (Å²) in [5.41, 5.74) is 0.610. The molecule has 138 valence electrons. The number of carbonyl (C=O) groups excluding carboxylic acids is 2. The van der Waals surface area contributed by atoms with E-state index in [2.05, 4.69) is 0 Å². The fourth-order valence-corrected chi connectivity index (χ4v) is 2.91. The van der Waals surface area contributed by atoms with Crippen molar-refractivity contribution in [2.45, 2.75) is 46.1 Å². The van der Waals surface area contributed by atoms with Gasteiger partial charge >= 0.3 is 11.9 Å². The van der Waals surface area contributed by atoms with Crippen molar-refractivity contribution in [1.82, 2.24) is 0 Å². The molecule has 26 heavy (non-hydrogen) atoms. The molecule has 0 spiro atoms. The maximum Gasteiger partial charge on any atom is 0.311 e. The van der Waals surface area contributed by atoms with Gasteiger partial charge in [0.25, 0.3) is 0 Å². The van der Waals surface area contributed by atoms with Crippen molar-refractivity contribution in [3.8, 4) is 17.2 Å². The highest BCUT2D eigenvalue weighted by atomic mass is 35.5. The number of esters is 2. The zero-order valence-electron chi connectivity index (χ0n) is 14.8. The average molecular weight is 379 g/mol. The molecule has 0 amide bonds. The van der Waals surface area contributed by atoms with Gasteiger partial charge in [-0.05, 0) is 25.1 Å². The summed E-state index contributed by atoms with van der Waals surface area (Å²) in [6.07, 6.45) is 0.595. The van der Waals surface area contributed by atoms with Crippen LogP contribution in [0.1, 0.15) is 39.2 Å². The maximum absolute atomic E-state index is 12.0. The molecule has 0 aliphatic carbocycles. The highest BCUT2D eigenvalue weighted by Crippen LogP contribution is 2.49. The minimum absolute atomic E-state index is 0.202. The molecule has 0 saturated carbocycles. The van der Waals surface area contributed by atoms with Crippen molar-refractivity contribution in [2.75, 3.05) is 0 Å². The Kier molecular flexibility index (Phi) is 5.34. The molecule has 2 aromatic carbocycles. The first-order chi connectivity index (χ1) is 12.4. The topological polar surface area (TPSA) is 71.1 Å². The van der Waals surface area contributed by atoms with Crippen molar-refractivity contribution < 1.29 is 28.8 Å². The zero-order chi connectivity index (χ0) is 18.8. The highest BCUT2D eigenvalue weighted by molar-refractivity contribution is 6.31. The van der Waals surface area contributed by atoms with Crippen LogP contribution < -0.4 is 14.4 Å². The van der Waals surface area contributed by atoms with Crippen molar-refractivity contribution in [3.05, 3.63) is 28.8 Å². The third-order valence-corrected chi connectivity index (χ3v) is 4.26. The van der Waals surface area contributed by atoms with Crippen LogP contribution in [0.3, 0.4) is 0 Å². The summed E-state index contributed by atoms with van der Waals surface area (Å²) in [6, 6.07) is 5.04. The maximum atomic E-state index is 12.0. The van der Waals surface area contributed by atoms with Crippen molar-refractivity contribution in [2.24, 2.45) is 0 Å². The molecule has 1 heterocycles. The minimum Gasteiger partial charge on any atom is -0.425 e. The number of fused-ring (bicyclic) bond motifs is 2. The van der Waals surface area contributed by atoms with Gasteiger partial charge in [0.1, 0.15) is 11.9 Å². The standard InChI is InChI=1S/C19H19ClO6/c1-4-15(21)23-17-13-9-11(20)6-7-12(13)18(24-16(22)5-2)19-14(17)8-10(3)25-26-19/h6-7,9-10H,4-5,8H2,1-3H3. The lowest BCUT2D eigenvalue weighted by atomic mass is 9.98. The molecule has 7 heteroatoms. The molecule has 0 fully saturated rings. The fraction of sp³-hybridized carbons (Fsp3) is 0.368. The molecular weight excluding hydrogens is 360 g/mol. The van der Waals surface area contributed by atoms with Crippen LogP contribution in [-0.4, -0.2) is 18.0 Å². The van der Waals surface area contributed by atoms with Gasteiger partial charge in [0, 0.05) is 40.6 Å². The quantitative estimate of drug-likeness (QED) is 0.446. The lowest BCUT2D eigenvalue weighted by Gasteiger charge is -2.26. The molecule has 6 nitrogen and oxygen atoms in total. The number of carbonyl (C=O) groups is 2. The number of hydrogen-bond donors (Lipinski definition) is 0. The first-order valence-corrected chi connectivity index (χ1v) is 8.85. The third-order valence-electron chi connectivity index (χ3n) is 4.02. The van der Waals surface area contributed by atoms with E-state index < -0.39 is 5.97 Å². The Hall–Kier alpha value is -2.31. The highest BCUT2D eigenvalue weighted by Gasteiger charge is 2.31. The van der Waals surface area contributed by atoms with Gasteiger partial charge in [0.05, 0.1) is 0 Å². The summed E-state index contributed by atoms with van der Waals surface area (Å²) in [4.78, 5) is 34.6. The van der Waals surface area contributed by atoms with E-state index in [-0.39, 0.29) is 36.4 Å². The Morgan fingerprint density at radius 2 is 1.77 bits per heavy atom. The molecule has 1 aliphatic heterocycles. The van der Waals surface area contributed by atoms with E-state index in [0.29, 0.717) is 33.5 Å². The third kappa shape index (κ3) is 3.48. The second kappa shape index (κ2) is 7.51. The molecular formula is C19H19ClO6. The molecule has 0 radical (unpaired) electrons. The normalized spacial score (nSPS) is 15.9. The number of halogens is 1. The Morgan fingerprint density at radius 1 is 1.12 bits per heavy atom. The van der Waals surface area contributed by atoms with Crippen LogP contribution in [0.4, 0.5) is 0 Å². The van der Waals surface area contributed by atoms with E-state index in [1.807, 2.05) is 6.92 Å². The van der Waals surface area contributed by atoms with Gasteiger partial charge < -0.3 is 14.4 Å². The number of rotatable bonds is 4. The van der Waals surface area contributed by atoms with Crippen LogP contribution in [0.15, 0.2) is 18.2 Å². The van der Waals surface area contributed by atoms with Crippen LogP contribution in [0.2, 0.25) is 5.02 Å². The van der Waals surface area contributed by atoms with Crippen molar-refractivity contribution in [1.29, 1.82) is 0 Å². The first kappa shape index (κ1) is 18.5. The van der Waals surface area contributed by atoms with E-state index in [4.69, 9.17) is 30.8 Å². The Bertz CT molecular complexity index is 876. The van der Waals surface area contributed by atoms with Crippen LogP contribution in [-0.2, 0) is 20.9 Å². The summed E-state index contributed by atoms with van der Waals surface area (Å²) in [7, 11) is 0. The lowest BCUT2D eigenvalue weighted by molar-refractivity contribution is -0.250. The Morgan fingerprint density at radius 3 is 2.42 bits per heavy atom. The van der Waals surface area contributed by atoms with E-state index in [0.717, 1.165) is 0 Å². The fourth-order valence-electron chi connectivity index (χ4n) is 2.74. The molecule has 1 atom stereocenters. The molecule has 0 N–H and O–H groups in total. The summed E-state index contributed by atoms with van der Waals surface area (Å²) < 4.78 is 11.1. The SMILES string of the molecule is CCC(=O)Oc1c2c(c(OC(=O)CC)c3ccc(Cl)cc13)OOC(C)C2. The Labute approximate surface area is 155 Å². The van der Waals surface area contributed by atoms with Crippen LogP contribution in [0.5, 0.6) is 17.2 Å². The molecule has 1 unspecified atom stereocenters. The molecule has 2 aromatic rings. The van der Waals surface area contributed by atoms with E-state index >= 15 is 0 Å². The smallest absolute Gasteiger partial charge is 0.311 e. The van der Waals surface area contributed by atoms with Crippen molar-refractivity contribution in [3.63, 3.8) is 0 Å². The van der Waals surface area contributed by atoms with Gasteiger partial charge in [-0.25, -0.2) is 0 Å². The van der Waals surface area contributed by atoms with E-state index in [1.165, 1.54) is 0 Å². The minimum atomic E-state index is -0.413.